The molecule has 9 heteroatoms. The van der Waals surface area contributed by atoms with E-state index in [1.54, 1.807) is 4.31 Å². The predicted molar refractivity (Wildman–Crippen MR) is 133 cm³/mol. The van der Waals surface area contributed by atoms with Crippen LogP contribution in [0.2, 0.25) is 0 Å². The molecule has 2 heterocycles. The third-order valence-corrected chi connectivity index (χ3v) is 7.45. The standard InChI is InChI=1S/C21H34N4O3S.HI/c1-3-22-21(24(2)13-8-18-10-15-28-16-11-18)23-12-17-29(26,27)25-14-9-19-6-4-5-7-20(19)25;/h4-7,18H,3,8-17H2,1-2H3,(H,22,23);1H. The minimum absolute atomic E-state index is 0. The van der Waals surface area contributed by atoms with Crippen LogP contribution in [0.4, 0.5) is 5.69 Å². The van der Waals surface area contributed by atoms with Crippen molar-refractivity contribution >= 4 is 45.6 Å². The zero-order valence-electron chi connectivity index (χ0n) is 18.0. The molecule has 2 aliphatic rings. The number of rotatable bonds is 8. The number of halogens is 1. The van der Waals surface area contributed by atoms with Gasteiger partial charge in [0, 0.05) is 39.9 Å². The predicted octanol–water partition coefficient (Wildman–Crippen LogP) is 2.71. The van der Waals surface area contributed by atoms with Crippen molar-refractivity contribution in [2.75, 3.05) is 56.5 Å². The van der Waals surface area contributed by atoms with E-state index in [9.17, 15) is 8.42 Å². The van der Waals surface area contributed by atoms with Crippen molar-refractivity contribution in [1.82, 2.24) is 10.2 Å². The van der Waals surface area contributed by atoms with Crippen LogP contribution in [0, 0.1) is 5.92 Å². The van der Waals surface area contributed by atoms with Crippen LogP contribution in [0.1, 0.15) is 31.7 Å². The molecule has 3 rings (SSSR count). The third-order valence-electron chi connectivity index (χ3n) is 5.70. The number of guanidine groups is 1. The Morgan fingerprint density at radius 1 is 1.30 bits per heavy atom. The Morgan fingerprint density at radius 2 is 2.03 bits per heavy atom. The number of benzene rings is 1. The Labute approximate surface area is 198 Å². The van der Waals surface area contributed by atoms with E-state index in [1.807, 2.05) is 38.2 Å². The maximum Gasteiger partial charge on any atom is 0.237 e. The summed E-state index contributed by atoms with van der Waals surface area (Å²) in [5.41, 5.74) is 1.91. The first-order chi connectivity index (χ1) is 14.0. The molecule has 0 atom stereocenters. The molecule has 0 radical (unpaired) electrons. The molecule has 1 aromatic rings. The van der Waals surface area contributed by atoms with Crippen molar-refractivity contribution in [2.24, 2.45) is 10.9 Å². The molecular weight excluding hydrogens is 515 g/mol. The van der Waals surface area contributed by atoms with Crippen LogP contribution in [0.25, 0.3) is 0 Å². The van der Waals surface area contributed by atoms with Crippen LogP contribution in [-0.4, -0.2) is 71.5 Å². The molecule has 0 amide bonds. The number of nitrogens with zero attached hydrogens (tertiary/aromatic N) is 3. The monoisotopic (exact) mass is 550 g/mol. The maximum atomic E-state index is 12.8. The van der Waals surface area contributed by atoms with Crippen molar-refractivity contribution in [2.45, 2.75) is 32.6 Å². The van der Waals surface area contributed by atoms with E-state index in [1.165, 1.54) is 0 Å². The van der Waals surface area contributed by atoms with Gasteiger partial charge >= 0.3 is 0 Å². The summed E-state index contributed by atoms with van der Waals surface area (Å²) in [5, 5.41) is 3.28. The molecule has 0 aliphatic carbocycles. The number of hydrogen-bond donors (Lipinski definition) is 1. The van der Waals surface area contributed by atoms with Gasteiger partial charge in [0.15, 0.2) is 5.96 Å². The topological polar surface area (TPSA) is 74.2 Å². The second-order valence-electron chi connectivity index (χ2n) is 7.77. The Hall–Kier alpha value is -1.07. The van der Waals surface area contributed by atoms with E-state index in [2.05, 4.69) is 15.2 Å². The van der Waals surface area contributed by atoms with Gasteiger partial charge in [0.2, 0.25) is 10.0 Å². The van der Waals surface area contributed by atoms with E-state index < -0.39 is 10.0 Å². The van der Waals surface area contributed by atoms with Gasteiger partial charge in [-0.05, 0) is 50.2 Å². The number of sulfonamides is 1. The molecule has 170 valence electrons. The number of para-hydroxylation sites is 1. The van der Waals surface area contributed by atoms with E-state index in [4.69, 9.17) is 4.74 Å². The van der Waals surface area contributed by atoms with Crippen molar-refractivity contribution < 1.29 is 13.2 Å². The summed E-state index contributed by atoms with van der Waals surface area (Å²) in [5.74, 6) is 1.49. The second-order valence-corrected chi connectivity index (χ2v) is 9.78. The Balaban J connectivity index is 0.00000320. The van der Waals surface area contributed by atoms with E-state index >= 15 is 0 Å². The van der Waals surface area contributed by atoms with E-state index in [0.29, 0.717) is 12.5 Å². The first-order valence-electron chi connectivity index (χ1n) is 10.7. The van der Waals surface area contributed by atoms with Crippen LogP contribution >= 0.6 is 24.0 Å². The molecule has 0 spiro atoms. The Kier molecular flexibility index (Phi) is 10.2. The van der Waals surface area contributed by atoms with Gasteiger partial charge in [0.05, 0.1) is 18.0 Å². The highest BCUT2D eigenvalue weighted by molar-refractivity contribution is 14.0. The first-order valence-corrected chi connectivity index (χ1v) is 12.3. The molecule has 1 N–H and O–H groups in total. The van der Waals surface area contributed by atoms with E-state index in [-0.39, 0.29) is 36.3 Å². The summed E-state index contributed by atoms with van der Waals surface area (Å²) >= 11 is 0. The fraction of sp³-hybridized carbons (Fsp3) is 0.667. The van der Waals surface area contributed by atoms with Gasteiger partial charge in [0.25, 0.3) is 0 Å². The lowest BCUT2D eigenvalue weighted by Gasteiger charge is -2.27. The largest absolute Gasteiger partial charge is 0.381 e. The molecule has 0 unspecified atom stereocenters. The highest BCUT2D eigenvalue weighted by Crippen LogP contribution is 2.29. The van der Waals surface area contributed by atoms with Gasteiger partial charge in [-0.2, -0.15) is 0 Å². The zero-order chi connectivity index (χ0) is 20.7. The molecule has 1 fully saturated rings. The van der Waals surface area contributed by atoms with Gasteiger partial charge in [-0.25, -0.2) is 8.42 Å². The maximum absolute atomic E-state index is 12.8. The zero-order valence-corrected chi connectivity index (χ0v) is 21.2. The van der Waals surface area contributed by atoms with Gasteiger partial charge in [-0.15, -0.1) is 24.0 Å². The number of hydrogen-bond acceptors (Lipinski definition) is 4. The van der Waals surface area contributed by atoms with Crippen LogP contribution in [-0.2, 0) is 21.2 Å². The molecule has 1 aromatic carbocycles. The van der Waals surface area contributed by atoms with Gasteiger partial charge in [-0.1, -0.05) is 18.2 Å². The summed E-state index contributed by atoms with van der Waals surface area (Å²) in [6.45, 7) is 6.19. The Morgan fingerprint density at radius 3 is 2.77 bits per heavy atom. The molecule has 0 bridgehead atoms. The smallest absolute Gasteiger partial charge is 0.237 e. The average Bonchev–Trinajstić information content (AvgIpc) is 3.17. The summed E-state index contributed by atoms with van der Waals surface area (Å²) in [4.78, 5) is 6.70. The molecule has 1 saturated heterocycles. The average molecular weight is 551 g/mol. The highest BCUT2D eigenvalue weighted by Gasteiger charge is 2.28. The highest BCUT2D eigenvalue weighted by atomic mass is 127. The van der Waals surface area contributed by atoms with Crippen molar-refractivity contribution in [3.8, 4) is 0 Å². The molecule has 30 heavy (non-hydrogen) atoms. The third kappa shape index (κ3) is 6.71. The Bertz CT molecular complexity index is 797. The van der Waals surface area contributed by atoms with Crippen LogP contribution in [0.5, 0.6) is 0 Å². The lowest BCUT2D eigenvalue weighted by Crippen LogP contribution is -2.40. The molecule has 2 aliphatic heterocycles. The molecule has 0 saturated carbocycles. The number of aliphatic imine (C=N–C) groups is 1. The minimum Gasteiger partial charge on any atom is -0.381 e. The number of nitrogens with one attached hydrogen (secondary N) is 1. The summed E-state index contributed by atoms with van der Waals surface area (Å²) in [7, 11) is -1.35. The summed E-state index contributed by atoms with van der Waals surface area (Å²) in [6, 6.07) is 7.73. The fourth-order valence-electron chi connectivity index (χ4n) is 3.96. The van der Waals surface area contributed by atoms with Crippen molar-refractivity contribution in [3.63, 3.8) is 0 Å². The van der Waals surface area contributed by atoms with Gasteiger partial charge in [0.1, 0.15) is 0 Å². The number of anilines is 1. The van der Waals surface area contributed by atoms with E-state index in [0.717, 1.165) is 69.2 Å². The molecule has 0 aromatic heterocycles. The van der Waals surface area contributed by atoms with Gasteiger partial charge < -0.3 is 15.0 Å². The fourth-order valence-corrected chi connectivity index (χ4v) is 5.35. The summed E-state index contributed by atoms with van der Waals surface area (Å²) < 4.78 is 32.7. The number of ether oxygens (including phenoxy) is 1. The normalized spacial score (nSPS) is 17.4. The van der Waals surface area contributed by atoms with Crippen LogP contribution < -0.4 is 9.62 Å². The van der Waals surface area contributed by atoms with Crippen molar-refractivity contribution in [3.05, 3.63) is 29.8 Å². The van der Waals surface area contributed by atoms with Crippen LogP contribution in [0.15, 0.2) is 29.3 Å². The summed E-state index contributed by atoms with van der Waals surface area (Å²) in [6.07, 6.45) is 4.12. The lowest BCUT2D eigenvalue weighted by molar-refractivity contribution is 0.0625. The number of fused-ring (bicyclic) bond motifs is 1. The second kappa shape index (κ2) is 12.1. The first kappa shape index (κ1) is 25.2. The van der Waals surface area contributed by atoms with Gasteiger partial charge in [-0.3, -0.25) is 9.30 Å². The molecular formula is C21H35IN4O3S. The quantitative estimate of drug-likeness (QED) is 0.306. The SMILES string of the molecule is CCNC(=NCCS(=O)(=O)N1CCc2ccccc21)N(C)CCC1CCOCC1.I. The van der Waals surface area contributed by atoms with Crippen molar-refractivity contribution in [1.29, 1.82) is 0 Å². The molecule has 7 nitrogen and oxygen atoms in total. The minimum atomic E-state index is -3.37. The lowest BCUT2D eigenvalue weighted by atomic mass is 9.96. The van der Waals surface area contributed by atoms with Crippen LogP contribution in [0.3, 0.4) is 0 Å².